The Morgan fingerprint density at radius 3 is 2.41 bits per heavy atom. The maximum absolute atomic E-state index is 13.0. The fraction of sp³-hybridized carbons (Fsp3) is 0.364. The van der Waals surface area contributed by atoms with E-state index in [4.69, 9.17) is 9.47 Å². The molecule has 1 fully saturated rings. The summed E-state index contributed by atoms with van der Waals surface area (Å²) in [5, 5.41) is 2.79. The molecule has 0 radical (unpaired) electrons. The van der Waals surface area contributed by atoms with Crippen LogP contribution in [0.3, 0.4) is 0 Å². The number of hydrogen-bond donors (Lipinski definition) is 1. The van der Waals surface area contributed by atoms with Crippen LogP contribution in [-0.4, -0.2) is 42.7 Å². The molecule has 1 heterocycles. The van der Waals surface area contributed by atoms with Crippen molar-refractivity contribution in [2.75, 3.05) is 20.0 Å². The number of nitrogens with zero attached hydrogens (tertiary/aromatic N) is 1. The minimum atomic E-state index is -0.526. The van der Waals surface area contributed by atoms with Crippen molar-refractivity contribution >= 4 is 23.6 Å². The molecule has 2 aromatic rings. The second kappa shape index (κ2) is 9.22. The summed E-state index contributed by atoms with van der Waals surface area (Å²) >= 11 is 1.57. The highest BCUT2D eigenvalue weighted by atomic mass is 32.2. The van der Waals surface area contributed by atoms with Crippen LogP contribution in [0.15, 0.2) is 48.5 Å². The van der Waals surface area contributed by atoms with Crippen LogP contribution >= 0.6 is 11.8 Å². The van der Waals surface area contributed by atoms with Crippen molar-refractivity contribution in [1.82, 2.24) is 10.2 Å². The van der Waals surface area contributed by atoms with Crippen molar-refractivity contribution in [3.05, 3.63) is 59.7 Å². The number of amides is 2. The first-order valence-corrected chi connectivity index (χ1v) is 10.5. The first-order valence-electron chi connectivity index (χ1n) is 9.44. The predicted molar refractivity (Wildman–Crippen MR) is 114 cm³/mol. The Bertz CT molecular complexity index is 874. The van der Waals surface area contributed by atoms with Crippen LogP contribution in [-0.2, 0) is 9.59 Å². The smallest absolute Gasteiger partial charge is 0.244 e. The van der Waals surface area contributed by atoms with E-state index in [1.54, 1.807) is 30.9 Å². The van der Waals surface area contributed by atoms with Gasteiger partial charge in [0.1, 0.15) is 11.4 Å². The number of benzene rings is 2. The normalized spacial score (nSPS) is 19.5. The third kappa shape index (κ3) is 4.50. The second-order valence-electron chi connectivity index (χ2n) is 6.88. The summed E-state index contributed by atoms with van der Waals surface area (Å²) in [6, 6.07) is 14.7. The van der Waals surface area contributed by atoms with Gasteiger partial charge in [0, 0.05) is 12.7 Å². The predicted octanol–water partition coefficient (Wildman–Crippen LogP) is 3.54. The van der Waals surface area contributed by atoms with Gasteiger partial charge in [0.25, 0.3) is 0 Å². The highest BCUT2D eigenvalue weighted by Crippen LogP contribution is 2.43. The highest BCUT2D eigenvalue weighted by Gasteiger charge is 2.41. The van der Waals surface area contributed by atoms with Crippen LogP contribution in [0.25, 0.3) is 0 Å². The number of carbonyl (C=O) groups excluding carboxylic acids is 2. The van der Waals surface area contributed by atoms with Gasteiger partial charge in [0.05, 0.1) is 20.3 Å². The van der Waals surface area contributed by atoms with Gasteiger partial charge in [-0.25, -0.2) is 0 Å². The molecule has 7 heteroatoms. The Labute approximate surface area is 175 Å². The number of hydrogen-bond acceptors (Lipinski definition) is 5. The molecule has 29 heavy (non-hydrogen) atoms. The summed E-state index contributed by atoms with van der Waals surface area (Å²) in [4.78, 5) is 27.1. The molecule has 0 spiro atoms. The number of rotatable bonds is 6. The maximum Gasteiger partial charge on any atom is 0.244 e. The van der Waals surface area contributed by atoms with Gasteiger partial charge in [0.15, 0.2) is 11.5 Å². The number of thioether (sulfide) groups is 1. The number of carbonyl (C=O) groups is 2. The summed E-state index contributed by atoms with van der Waals surface area (Å²) in [6.45, 7) is 3.44. The van der Waals surface area contributed by atoms with Gasteiger partial charge in [-0.15, -0.1) is 11.8 Å². The molecule has 1 aliphatic heterocycles. The van der Waals surface area contributed by atoms with Crippen molar-refractivity contribution in [2.45, 2.75) is 31.3 Å². The Morgan fingerprint density at radius 1 is 1.10 bits per heavy atom. The Balaban J connectivity index is 1.80. The fourth-order valence-electron chi connectivity index (χ4n) is 3.49. The monoisotopic (exact) mass is 414 g/mol. The van der Waals surface area contributed by atoms with Gasteiger partial charge in [-0.1, -0.05) is 36.4 Å². The molecule has 1 saturated heterocycles. The molecule has 6 nitrogen and oxygen atoms in total. The molecular formula is C22H26N2O4S. The minimum absolute atomic E-state index is 0.136. The van der Waals surface area contributed by atoms with Crippen LogP contribution in [0.1, 0.15) is 36.4 Å². The van der Waals surface area contributed by atoms with E-state index in [0.717, 1.165) is 11.1 Å². The molecule has 2 aromatic carbocycles. The van der Waals surface area contributed by atoms with Crippen molar-refractivity contribution in [3.8, 4) is 11.5 Å². The third-order valence-electron chi connectivity index (χ3n) is 5.02. The van der Waals surface area contributed by atoms with E-state index >= 15 is 0 Å². The SMILES string of the molecule is COc1ccc(C2SCC(C(=O)NC(C)c3ccccc3)N2C(C)=O)cc1OC. The molecule has 2 amide bonds. The molecular weight excluding hydrogens is 388 g/mol. The topological polar surface area (TPSA) is 67.9 Å². The van der Waals surface area contributed by atoms with E-state index in [0.29, 0.717) is 17.3 Å². The van der Waals surface area contributed by atoms with Gasteiger partial charge < -0.3 is 19.7 Å². The van der Waals surface area contributed by atoms with Gasteiger partial charge >= 0.3 is 0 Å². The zero-order valence-electron chi connectivity index (χ0n) is 17.0. The zero-order valence-corrected chi connectivity index (χ0v) is 17.9. The van der Waals surface area contributed by atoms with E-state index in [1.807, 2.05) is 55.5 Å². The van der Waals surface area contributed by atoms with Crippen LogP contribution in [0.4, 0.5) is 0 Å². The first-order chi connectivity index (χ1) is 14.0. The molecule has 3 rings (SSSR count). The van der Waals surface area contributed by atoms with Gasteiger partial charge in [-0.2, -0.15) is 0 Å². The van der Waals surface area contributed by atoms with Crippen molar-refractivity contribution in [1.29, 1.82) is 0 Å². The Hall–Kier alpha value is -2.67. The van der Waals surface area contributed by atoms with Crippen molar-refractivity contribution in [3.63, 3.8) is 0 Å². The van der Waals surface area contributed by atoms with Gasteiger partial charge in [0.2, 0.25) is 11.8 Å². The largest absolute Gasteiger partial charge is 0.493 e. The molecule has 0 aromatic heterocycles. The standard InChI is InChI=1S/C22H26N2O4S/c1-14(16-8-6-5-7-9-16)23-21(26)18-13-29-22(24(18)15(2)25)17-10-11-19(27-3)20(12-17)28-4/h5-12,14,18,22H,13H2,1-4H3,(H,23,26). The Morgan fingerprint density at radius 2 is 1.79 bits per heavy atom. The lowest BCUT2D eigenvalue weighted by Crippen LogP contribution is -2.47. The van der Waals surface area contributed by atoms with Gasteiger partial charge in [-0.05, 0) is 30.2 Å². The highest BCUT2D eigenvalue weighted by molar-refractivity contribution is 7.99. The maximum atomic E-state index is 13.0. The van der Waals surface area contributed by atoms with Crippen molar-refractivity contribution < 1.29 is 19.1 Å². The van der Waals surface area contributed by atoms with E-state index in [1.165, 1.54) is 6.92 Å². The second-order valence-corrected chi connectivity index (χ2v) is 8.00. The summed E-state index contributed by atoms with van der Waals surface area (Å²) in [5.74, 6) is 1.47. The number of nitrogens with one attached hydrogen (secondary N) is 1. The lowest BCUT2D eigenvalue weighted by Gasteiger charge is -2.29. The molecule has 0 saturated carbocycles. The molecule has 0 bridgehead atoms. The summed E-state index contributed by atoms with van der Waals surface area (Å²) in [7, 11) is 3.16. The summed E-state index contributed by atoms with van der Waals surface area (Å²) in [5.41, 5.74) is 1.92. The molecule has 3 atom stereocenters. The molecule has 3 unspecified atom stereocenters. The van der Waals surface area contributed by atoms with Crippen LogP contribution in [0.2, 0.25) is 0 Å². The van der Waals surface area contributed by atoms with Crippen LogP contribution in [0.5, 0.6) is 11.5 Å². The lowest BCUT2D eigenvalue weighted by molar-refractivity contribution is -0.138. The average Bonchev–Trinajstić information content (AvgIpc) is 3.19. The molecule has 1 aliphatic rings. The number of ether oxygens (including phenoxy) is 2. The minimum Gasteiger partial charge on any atom is -0.493 e. The van der Waals surface area contributed by atoms with E-state index in [-0.39, 0.29) is 23.2 Å². The lowest BCUT2D eigenvalue weighted by atomic mass is 10.1. The number of methoxy groups -OCH3 is 2. The molecule has 1 N–H and O–H groups in total. The quantitative estimate of drug-likeness (QED) is 0.783. The Kier molecular flexibility index (Phi) is 6.69. The fourth-order valence-corrected chi connectivity index (χ4v) is 4.96. The summed E-state index contributed by atoms with van der Waals surface area (Å²) in [6.07, 6.45) is 0. The van der Waals surface area contributed by atoms with E-state index in [2.05, 4.69) is 5.32 Å². The van der Waals surface area contributed by atoms with E-state index < -0.39 is 6.04 Å². The molecule has 0 aliphatic carbocycles. The van der Waals surface area contributed by atoms with Crippen molar-refractivity contribution in [2.24, 2.45) is 0 Å². The van der Waals surface area contributed by atoms with Crippen LogP contribution in [0, 0.1) is 0 Å². The third-order valence-corrected chi connectivity index (χ3v) is 6.34. The van der Waals surface area contributed by atoms with Gasteiger partial charge in [-0.3, -0.25) is 9.59 Å². The zero-order chi connectivity index (χ0) is 21.0. The van der Waals surface area contributed by atoms with Crippen LogP contribution < -0.4 is 14.8 Å². The first kappa shape index (κ1) is 21.0. The average molecular weight is 415 g/mol. The summed E-state index contributed by atoms with van der Waals surface area (Å²) < 4.78 is 10.7. The molecule has 154 valence electrons. The van der Waals surface area contributed by atoms with E-state index in [9.17, 15) is 9.59 Å².